The Kier molecular flexibility index (Phi) is 5.20. The van der Waals surface area contributed by atoms with Gasteiger partial charge in [0.15, 0.2) is 0 Å². The zero-order valence-electron chi connectivity index (χ0n) is 7.17. The Hall–Kier alpha value is -0.320. The predicted molar refractivity (Wildman–Crippen MR) is 50.3 cm³/mol. The third-order valence-corrected chi connectivity index (χ3v) is 1.90. The molecule has 1 aliphatic rings. The normalized spacial score (nSPS) is 18.8. The summed E-state index contributed by atoms with van der Waals surface area (Å²) in [6.07, 6.45) is 0.700. The number of halogens is 1. The van der Waals surface area contributed by atoms with Crippen molar-refractivity contribution in [1.82, 2.24) is 10.6 Å². The fourth-order valence-corrected chi connectivity index (χ4v) is 0.884. The van der Waals surface area contributed by atoms with Crippen molar-refractivity contribution in [1.29, 1.82) is 0 Å². The molecule has 5 heteroatoms. The lowest BCUT2D eigenvalue weighted by molar-refractivity contribution is -0.123. The number of hydrogen-bond donors (Lipinski definition) is 3. The molecule has 0 aromatic heterocycles. The molecule has 1 aliphatic heterocycles. The second-order valence-corrected chi connectivity index (χ2v) is 2.88. The molecule has 1 heterocycles. The summed E-state index contributed by atoms with van der Waals surface area (Å²) in [5.41, 5.74) is 5.51. The van der Waals surface area contributed by atoms with Gasteiger partial charge in [0.1, 0.15) is 0 Å². The van der Waals surface area contributed by atoms with E-state index in [9.17, 15) is 4.79 Å². The van der Waals surface area contributed by atoms with Crippen LogP contribution in [0.3, 0.4) is 0 Å². The number of nitrogens with two attached hydrogens (primary N) is 1. The molecule has 1 amide bonds. The number of carbonyl (C=O) groups excluding carboxylic acids is 1. The molecule has 12 heavy (non-hydrogen) atoms. The summed E-state index contributed by atoms with van der Waals surface area (Å²) in [6.45, 7) is 3.66. The molecule has 0 aliphatic carbocycles. The van der Waals surface area contributed by atoms with Crippen molar-refractivity contribution in [2.45, 2.75) is 25.4 Å². The van der Waals surface area contributed by atoms with Gasteiger partial charge in [-0.25, -0.2) is 0 Å². The van der Waals surface area contributed by atoms with E-state index in [-0.39, 0.29) is 24.4 Å². The highest BCUT2D eigenvalue weighted by atomic mass is 35.5. The van der Waals surface area contributed by atoms with Crippen LogP contribution in [0.15, 0.2) is 0 Å². The molecule has 1 rings (SSSR count). The van der Waals surface area contributed by atoms with Crippen LogP contribution in [0.25, 0.3) is 0 Å². The number of amides is 1. The van der Waals surface area contributed by atoms with E-state index in [2.05, 4.69) is 10.6 Å². The highest BCUT2D eigenvalue weighted by Gasteiger charge is 2.20. The summed E-state index contributed by atoms with van der Waals surface area (Å²) in [6, 6.07) is -0.0318. The minimum absolute atomic E-state index is 0. The summed E-state index contributed by atoms with van der Waals surface area (Å²) >= 11 is 0. The lowest BCUT2D eigenvalue weighted by Gasteiger charge is -2.28. The van der Waals surface area contributed by atoms with E-state index in [0.717, 1.165) is 13.1 Å². The van der Waals surface area contributed by atoms with Gasteiger partial charge in [-0.05, 0) is 6.42 Å². The summed E-state index contributed by atoms with van der Waals surface area (Å²) < 4.78 is 0. The first-order valence-electron chi connectivity index (χ1n) is 4.00. The predicted octanol–water partition coefficient (Wildman–Crippen LogP) is -0.766. The molecule has 72 valence electrons. The molecule has 0 radical (unpaired) electrons. The Labute approximate surface area is 78.7 Å². The second kappa shape index (κ2) is 5.35. The smallest absolute Gasteiger partial charge is 0.237 e. The summed E-state index contributed by atoms with van der Waals surface area (Å²) in [4.78, 5) is 11.1. The number of rotatable bonds is 3. The molecule has 1 saturated heterocycles. The molecule has 0 bridgehead atoms. The highest BCUT2D eigenvalue weighted by molar-refractivity contribution is 5.85. The standard InChI is InChI=1S/C7H15N3O.ClH/c1-2-6(8)7(11)10-5-3-9-4-5;/h5-6,9H,2-4,8H2,1H3,(H,10,11);1H/t6-;/m0./s1. The van der Waals surface area contributed by atoms with Crippen LogP contribution < -0.4 is 16.4 Å². The van der Waals surface area contributed by atoms with Crippen LogP contribution >= 0.6 is 12.4 Å². The first-order chi connectivity index (χ1) is 5.24. The van der Waals surface area contributed by atoms with Crippen molar-refractivity contribution >= 4 is 18.3 Å². The first kappa shape index (κ1) is 11.7. The van der Waals surface area contributed by atoms with Gasteiger partial charge < -0.3 is 16.4 Å². The van der Waals surface area contributed by atoms with Crippen LogP contribution in [0.2, 0.25) is 0 Å². The van der Waals surface area contributed by atoms with Crippen molar-refractivity contribution < 1.29 is 4.79 Å². The fourth-order valence-electron chi connectivity index (χ4n) is 0.884. The molecule has 0 aromatic rings. The van der Waals surface area contributed by atoms with Gasteiger partial charge in [-0.15, -0.1) is 12.4 Å². The van der Waals surface area contributed by atoms with Gasteiger partial charge in [-0.3, -0.25) is 4.79 Å². The molecule has 1 fully saturated rings. The lowest BCUT2D eigenvalue weighted by atomic mass is 10.1. The Morgan fingerprint density at radius 1 is 1.75 bits per heavy atom. The SMILES string of the molecule is CC[C@H](N)C(=O)NC1CNC1.Cl. The topological polar surface area (TPSA) is 67.2 Å². The van der Waals surface area contributed by atoms with E-state index in [1.807, 2.05) is 6.92 Å². The maximum absolute atomic E-state index is 11.1. The maximum atomic E-state index is 11.1. The van der Waals surface area contributed by atoms with Crippen molar-refractivity contribution in [3.05, 3.63) is 0 Å². The second-order valence-electron chi connectivity index (χ2n) is 2.88. The summed E-state index contributed by atoms with van der Waals surface area (Å²) in [7, 11) is 0. The van der Waals surface area contributed by atoms with Crippen molar-refractivity contribution in [2.24, 2.45) is 5.73 Å². The van der Waals surface area contributed by atoms with Crippen molar-refractivity contribution in [3.63, 3.8) is 0 Å². The average Bonchev–Trinajstić information content (AvgIpc) is 1.94. The van der Waals surface area contributed by atoms with Crippen LogP contribution in [-0.2, 0) is 4.79 Å². The number of hydrogen-bond acceptors (Lipinski definition) is 3. The van der Waals surface area contributed by atoms with Crippen LogP contribution in [0.5, 0.6) is 0 Å². The molecule has 0 spiro atoms. The number of carbonyl (C=O) groups is 1. The molecular weight excluding hydrogens is 178 g/mol. The van der Waals surface area contributed by atoms with Crippen LogP contribution in [0.4, 0.5) is 0 Å². The quantitative estimate of drug-likeness (QED) is 0.552. The summed E-state index contributed by atoms with van der Waals surface area (Å²) in [5.74, 6) is -0.0287. The largest absolute Gasteiger partial charge is 0.349 e. The molecule has 0 unspecified atom stereocenters. The van der Waals surface area contributed by atoms with E-state index < -0.39 is 0 Å². The third kappa shape index (κ3) is 2.97. The van der Waals surface area contributed by atoms with Gasteiger partial charge in [0.2, 0.25) is 5.91 Å². The monoisotopic (exact) mass is 193 g/mol. The van der Waals surface area contributed by atoms with E-state index in [1.165, 1.54) is 0 Å². The van der Waals surface area contributed by atoms with Crippen molar-refractivity contribution in [2.75, 3.05) is 13.1 Å². The molecule has 0 aromatic carbocycles. The van der Waals surface area contributed by atoms with E-state index in [4.69, 9.17) is 5.73 Å². The number of nitrogens with one attached hydrogen (secondary N) is 2. The third-order valence-electron chi connectivity index (χ3n) is 1.90. The van der Waals surface area contributed by atoms with E-state index in [1.54, 1.807) is 0 Å². The van der Waals surface area contributed by atoms with Crippen molar-refractivity contribution in [3.8, 4) is 0 Å². The fraction of sp³-hybridized carbons (Fsp3) is 0.857. The van der Waals surface area contributed by atoms with Gasteiger partial charge in [-0.1, -0.05) is 6.92 Å². The van der Waals surface area contributed by atoms with Gasteiger partial charge in [0.25, 0.3) is 0 Å². The van der Waals surface area contributed by atoms with E-state index in [0.29, 0.717) is 12.5 Å². The zero-order valence-corrected chi connectivity index (χ0v) is 7.99. The van der Waals surface area contributed by atoms with Gasteiger partial charge in [-0.2, -0.15) is 0 Å². The van der Waals surface area contributed by atoms with Gasteiger partial charge in [0.05, 0.1) is 12.1 Å². The van der Waals surface area contributed by atoms with Gasteiger partial charge in [0, 0.05) is 13.1 Å². The minimum atomic E-state index is -0.337. The molecule has 0 saturated carbocycles. The first-order valence-corrected chi connectivity index (χ1v) is 4.00. The maximum Gasteiger partial charge on any atom is 0.237 e. The molecule has 4 N–H and O–H groups in total. The van der Waals surface area contributed by atoms with Crippen LogP contribution in [0, 0.1) is 0 Å². The lowest BCUT2D eigenvalue weighted by Crippen LogP contribution is -2.59. The molecule has 4 nitrogen and oxygen atoms in total. The summed E-state index contributed by atoms with van der Waals surface area (Å²) in [5, 5.41) is 5.91. The Balaban J connectivity index is 0.00000121. The highest BCUT2D eigenvalue weighted by Crippen LogP contribution is 1.92. The molecular formula is C7H16ClN3O. The molecule has 1 atom stereocenters. The van der Waals surface area contributed by atoms with Gasteiger partial charge >= 0.3 is 0 Å². The van der Waals surface area contributed by atoms with Crippen LogP contribution in [0.1, 0.15) is 13.3 Å². The Bertz CT molecular complexity index is 150. The Morgan fingerprint density at radius 2 is 2.33 bits per heavy atom. The van der Waals surface area contributed by atoms with E-state index >= 15 is 0 Å². The van der Waals surface area contributed by atoms with Crippen LogP contribution in [-0.4, -0.2) is 31.1 Å². The Morgan fingerprint density at radius 3 is 2.67 bits per heavy atom. The zero-order chi connectivity index (χ0) is 8.27. The average molecular weight is 194 g/mol. The minimum Gasteiger partial charge on any atom is -0.349 e.